The molecule has 30 heavy (non-hydrogen) atoms. The molecule has 3 rings (SSSR count). The lowest BCUT2D eigenvalue weighted by Gasteiger charge is -2.29. The Morgan fingerprint density at radius 3 is 2.50 bits per heavy atom. The molecule has 1 aliphatic rings. The summed E-state index contributed by atoms with van der Waals surface area (Å²) in [7, 11) is 0. The number of primary amides is 1. The number of halogens is 1. The smallest absolute Gasteiger partial charge is 0.249 e. The molecule has 1 fully saturated rings. The SMILES string of the molecule is CCC1(c2cc(Cl)ncc2-c2c(C(N)=O)ccnc2NC(=O)C(C)(C)C)OCCO1. The van der Waals surface area contributed by atoms with Gasteiger partial charge in [0.1, 0.15) is 11.0 Å². The zero-order valence-corrected chi connectivity index (χ0v) is 18.2. The van der Waals surface area contributed by atoms with E-state index in [9.17, 15) is 9.59 Å². The lowest BCUT2D eigenvalue weighted by atomic mass is 9.91. The lowest BCUT2D eigenvalue weighted by molar-refractivity contribution is -0.167. The second-order valence-electron chi connectivity index (χ2n) is 8.01. The Balaban J connectivity index is 2.28. The quantitative estimate of drug-likeness (QED) is 0.698. The first-order chi connectivity index (χ1) is 14.1. The molecule has 9 heteroatoms. The minimum absolute atomic E-state index is 0.184. The fraction of sp³-hybridized carbons (Fsp3) is 0.429. The average Bonchev–Trinajstić information content (AvgIpc) is 3.17. The third-order valence-electron chi connectivity index (χ3n) is 4.90. The summed E-state index contributed by atoms with van der Waals surface area (Å²) in [5.74, 6) is -1.79. The normalized spacial score (nSPS) is 15.8. The molecular weight excluding hydrogens is 408 g/mol. The molecule has 8 nitrogen and oxygen atoms in total. The maximum Gasteiger partial charge on any atom is 0.249 e. The molecule has 0 unspecified atom stereocenters. The number of nitrogens with zero attached hydrogens (tertiary/aromatic N) is 2. The second kappa shape index (κ2) is 8.29. The van der Waals surface area contributed by atoms with Crippen LogP contribution in [0.1, 0.15) is 50.0 Å². The predicted octanol–water partition coefficient (Wildman–Crippen LogP) is 3.49. The van der Waals surface area contributed by atoms with E-state index >= 15 is 0 Å². The van der Waals surface area contributed by atoms with Gasteiger partial charge in [0.25, 0.3) is 0 Å². The van der Waals surface area contributed by atoms with Gasteiger partial charge in [-0.05, 0) is 12.1 Å². The first-order valence-corrected chi connectivity index (χ1v) is 10.0. The topological polar surface area (TPSA) is 116 Å². The number of pyridine rings is 2. The van der Waals surface area contributed by atoms with Crippen molar-refractivity contribution in [3.05, 3.63) is 40.8 Å². The predicted molar refractivity (Wildman–Crippen MR) is 113 cm³/mol. The van der Waals surface area contributed by atoms with E-state index in [4.69, 9.17) is 26.8 Å². The molecule has 2 amide bonds. The summed E-state index contributed by atoms with van der Waals surface area (Å²) in [6.45, 7) is 8.08. The van der Waals surface area contributed by atoms with Gasteiger partial charge in [-0.2, -0.15) is 0 Å². The highest BCUT2D eigenvalue weighted by molar-refractivity contribution is 6.29. The number of carbonyl (C=O) groups excluding carboxylic acids is 2. The van der Waals surface area contributed by atoms with Crippen LogP contribution in [-0.4, -0.2) is 35.0 Å². The van der Waals surface area contributed by atoms with Crippen LogP contribution in [0.25, 0.3) is 11.1 Å². The van der Waals surface area contributed by atoms with Crippen LogP contribution in [-0.2, 0) is 20.1 Å². The first-order valence-electron chi connectivity index (χ1n) is 9.63. The Hall–Kier alpha value is -2.55. The molecule has 0 radical (unpaired) electrons. The van der Waals surface area contributed by atoms with E-state index in [1.807, 2.05) is 6.92 Å². The Morgan fingerprint density at radius 1 is 1.27 bits per heavy atom. The highest BCUT2D eigenvalue weighted by Crippen LogP contribution is 2.43. The standard InChI is InChI=1S/C21H25ClN4O4/c1-5-21(29-8-9-30-21)14-10-15(22)25-11-13(14)16-12(17(23)27)6-7-24-18(16)26-19(28)20(2,3)4/h6-7,10-11H,5,8-9H2,1-4H3,(H2,23,27)(H,24,26,28). The van der Waals surface area contributed by atoms with Crippen molar-refractivity contribution in [1.82, 2.24) is 9.97 Å². The van der Waals surface area contributed by atoms with Crippen molar-refractivity contribution in [2.24, 2.45) is 11.1 Å². The lowest BCUT2D eigenvalue weighted by Crippen LogP contribution is -2.30. The van der Waals surface area contributed by atoms with Gasteiger partial charge in [-0.1, -0.05) is 39.3 Å². The van der Waals surface area contributed by atoms with Gasteiger partial charge in [0.15, 0.2) is 5.79 Å². The molecule has 0 saturated carbocycles. The van der Waals surface area contributed by atoms with Gasteiger partial charge >= 0.3 is 0 Å². The molecular formula is C21H25ClN4O4. The second-order valence-corrected chi connectivity index (χ2v) is 8.39. The van der Waals surface area contributed by atoms with E-state index in [0.29, 0.717) is 36.3 Å². The molecule has 2 aromatic rings. The van der Waals surface area contributed by atoms with Gasteiger partial charge in [0, 0.05) is 40.9 Å². The minimum Gasteiger partial charge on any atom is -0.366 e. The summed E-state index contributed by atoms with van der Waals surface area (Å²) < 4.78 is 11.9. The molecule has 2 aromatic heterocycles. The number of hydrogen-bond acceptors (Lipinski definition) is 6. The van der Waals surface area contributed by atoms with Crippen LogP contribution >= 0.6 is 11.6 Å². The Morgan fingerprint density at radius 2 is 1.93 bits per heavy atom. The number of nitrogens with one attached hydrogen (secondary N) is 1. The van der Waals surface area contributed by atoms with Crippen LogP contribution in [0.15, 0.2) is 24.5 Å². The van der Waals surface area contributed by atoms with Gasteiger partial charge in [-0.25, -0.2) is 9.97 Å². The van der Waals surface area contributed by atoms with Crippen molar-refractivity contribution in [3.63, 3.8) is 0 Å². The maximum atomic E-state index is 12.7. The number of nitrogens with two attached hydrogens (primary N) is 1. The number of aromatic nitrogens is 2. The van der Waals surface area contributed by atoms with Gasteiger partial charge in [0.2, 0.25) is 11.8 Å². The number of anilines is 1. The molecule has 1 saturated heterocycles. The molecule has 0 spiro atoms. The molecule has 3 heterocycles. The van der Waals surface area contributed by atoms with Crippen LogP contribution in [0.4, 0.5) is 5.82 Å². The summed E-state index contributed by atoms with van der Waals surface area (Å²) >= 11 is 6.19. The minimum atomic E-state index is -1.06. The maximum absolute atomic E-state index is 12.7. The van der Waals surface area contributed by atoms with Crippen LogP contribution in [0.3, 0.4) is 0 Å². The first kappa shape index (κ1) is 22.1. The van der Waals surface area contributed by atoms with Crippen molar-refractivity contribution in [3.8, 4) is 11.1 Å². The van der Waals surface area contributed by atoms with E-state index in [1.165, 1.54) is 18.5 Å². The van der Waals surface area contributed by atoms with E-state index in [2.05, 4.69) is 15.3 Å². The molecule has 0 aliphatic carbocycles. The molecule has 1 aliphatic heterocycles. The van der Waals surface area contributed by atoms with Crippen molar-refractivity contribution in [1.29, 1.82) is 0 Å². The summed E-state index contributed by atoms with van der Waals surface area (Å²) in [4.78, 5) is 33.4. The number of carbonyl (C=O) groups is 2. The number of hydrogen-bond donors (Lipinski definition) is 2. The number of ether oxygens (including phenoxy) is 2. The monoisotopic (exact) mass is 432 g/mol. The fourth-order valence-electron chi connectivity index (χ4n) is 3.28. The molecule has 3 N–H and O–H groups in total. The molecule has 0 atom stereocenters. The van der Waals surface area contributed by atoms with E-state index in [-0.39, 0.29) is 22.4 Å². The zero-order chi connectivity index (χ0) is 22.1. The Bertz CT molecular complexity index is 981. The van der Waals surface area contributed by atoms with Crippen molar-refractivity contribution >= 4 is 29.2 Å². The Kier molecular flexibility index (Phi) is 6.12. The van der Waals surface area contributed by atoms with Crippen molar-refractivity contribution in [2.45, 2.75) is 39.9 Å². The van der Waals surface area contributed by atoms with Crippen molar-refractivity contribution < 1.29 is 19.1 Å². The molecule has 0 bridgehead atoms. The molecule has 160 valence electrons. The summed E-state index contributed by atoms with van der Waals surface area (Å²) in [5.41, 5.74) is 6.58. The van der Waals surface area contributed by atoms with Gasteiger partial charge in [0.05, 0.1) is 18.8 Å². The van der Waals surface area contributed by atoms with Gasteiger partial charge in [-0.15, -0.1) is 0 Å². The van der Waals surface area contributed by atoms with Crippen LogP contribution < -0.4 is 11.1 Å². The van der Waals surface area contributed by atoms with E-state index in [1.54, 1.807) is 26.8 Å². The third-order valence-corrected chi connectivity index (χ3v) is 5.11. The van der Waals surface area contributed by atoms with E-state index < -0.39 is 17.1 Å². The summed E-state index contributed by atoms with van der Waals surface area (Å²) in [6, 6.07) is 3.14. The summed E-state index contributed by atoms with van der Waals surface area (Å²) in [5, 5.41) is 3.05. The fourth-order valence-corrected chi connectivity index (χ4v) is 3.44. The van der Waals surface area contributed by atoms with Gasteiger partial charge in [-0.3, -0.25) is 9.59 Å². The average molecular weight is 433 g/mol. The number of rotatable bonds is 5. The summed E-state index contributed by atoms with van der Waals surface area (Å²) in [6.07, 6.45) is 3.43. The molecule has 0 aromatic carbocycles. The van der Waals surface area contributed by atoms with Crippen LogP contribution in [0.2, 0.25) is 5.15 Å². The largest absolute Gasteiger partial charge is 0.366 e. The highest BCUT2D eigenvalue weighted by Gasteiger charge is 2.40. The van der Waals surface area contributed by atoms with Crippen LogP contribution in [0, 0.1) is 5.41 Å². The van der Waals surface area contributed by atoms with Gasteiger partial charge < -0.3 is 20.5 Å². The van der Waals surface area contributed by atoms with E-state index in [0.717, 1.165) is 0 Å². The number of amides is 2. The third kappa shape index (κ3) is 4.16. The van der Waals surface area contributed by atoms with Crippen LogP contribution in [0.5, 0.6) is 0 Å². The highest BCUT2D eigenvalue weighted by atomic mass is 35.5. The zero-order valence-electron chi connectivity index (χ0n) is 17.4. The van der Waals surface area contributed by atoms with Crippen molar-refractivity contribution in [2.75, 3.05) is 18.5 Å². The Labute approximate surface area is 180 Å².